The van der Waals surface area contributed by atoms with E-state index in [1.54, 1.807) is 17.0 Å². The second-order valence-corrected chi connectivity index (χ2v) is 8.87. The topological polar surface area (TPSA) is 76.4 Å². The van der Waals surface area contributed by atoms with Gasteiger partial charge in [0.1, 0.15) is 10.9 Å². The first-order valence-electron chi connectivity index (χ1n) is 9.01. The van der Waals surface area contributed by atoms with Gasteiger partial charge in [0, 0.05) is 31.9 Å². The minimum Gasteiger partial charge on any atom is -0.371 e. The maximum atomic E-state index is 13.2. The lowest BCUT2D eigenvalue weighted by atomic mass is 10.1. The molecule has 0 spiro atoms. The SMILES string of the molecule is CC(=O)Nc1ccc(C(=O)N2CCN(C)c3ccc(-c4ccc(C#N)s4)cc32)s1. The summed E-state index contributed by atoms with van der Waals surface area (Å²) in [5.74, 6) is -0.241. The predicted molar refractivity (Wildman–Crippen MR) is 118 cm³/mol. The largest absolute Gasteiger partial charge is 0.371 e. The highest BCUT2D eigenvalue weighted by atomic mass is 32.1. The molecule has 1 aromatic carbocycles. The first kappa shape index (κ1) is 19.2. The third-order valence-electron chi connectivity index (χ3n) is 4.70. The van der Waals surface area contributed by atoms with Crippen molar-refractivity contribution in [2.45, 2.75) is 6.92 Å². The number of hydrogen-bond acceptors (Lipinski definition) is 6. The van der Waals surface area contributed by atoms with E-state index in [0.29, 0.717) is 21.3 Å². The number of amides is 2. The molecule has 0 saturated carbocycles. The molecule has 2 amide bonds. The van der Waals surface area contributed by atoms with Gasteiger partial charge in [-0.25, -0.2) is 0 Å². The summed E-state index contributed by atoms with van der Waals surface area (Å²) in [6, 6.07) is 15.5. The molecular formula is C21H18N4O2S2. The number of hydrogen-bond donors (Lipinski definition) is 1. The van der Waals surface area contributed by atoms with Crippen LogP contribution in [-0.2, 0) is 4.79 Å². The van der Waals surface area contributed by atoms with Gasteiger partial charge in [0.25, 0.3) is 5.91 Å². The molecule has 0 saturated heterocycles. The molecular weight excluding hydrogens is 404 g/mol. The predicted octanol–water partition coefficient (Wildman–Crippen LogP) is 4.40. The Morgan fingerprint density at radius 2 is 1.90 bits per heavy atom. The molecule has 1 aliphatic heterocycles. The third kappa shape index (κ3) is 3.75. The van der Waals surface area contributed by atoms with Crippen LogP contribution in [0.3, 0.4) is 0 Å². The van der Waals surface area contributed by atoms with E-state index in [9.17, 15) is 9.59 Å². The van der Waals surface area contributed by atoms with Gasteiger partial charge in [0.05, 0.1) is 21.3 Å². The monoisotopic (exact) mass is 422 g/mol. The fraction of sp³-hybridized carbons (Fsp3) is 0.190. The van der Waals surface area contributed by atoms with Crippen molar-refractivity contribution >= 4 is 50.9 Å². The highest BCUT2D eigenvalue weighted by Crippen LogP contribution is 2.39. The molecule has 0 unspecified atom stereocenters. The van der Waals surface area contributed by atoms with Gasteiger partial charge in [-0.05, 0) is 42.0 Å². The molecule has 146 valence electrons. The van der Waals surface area contributed by atoms with Crippen LogP contribution in [0.4, 0.5) is 16.4 Å². The Bertz CT molecular complexity index is 1140. The average molecular weight is 423 g/mol. The van der Waals surface area contributed by atoms with E-state index in [4.69, 9.17) is 5.26 Å². The number of benzene rings is 1. The van der Waals surface area contributed by atoms with Crippen LogP contribution in [0.15, 0.2) is 42.5 Å². The van der Waals surface area contributed by atoms with Crippen molar-refractivity contribution in [2.75, 3.05) is 35.3 Å². The van der Waals surface area contributed by atoms with E-state index in [2.05, 4.69) is 16.3 Å². The molecule has 8 heteroatoms. The number of carbonyl (C=O) groups is 2. The fourth-order valence-electron chi connectivity index (χ4n) is 3.30. The molecule has 0 aliphatic carbocycles. The zero-order valence-electron chi connectivity index (χ0n) is 15.9. The number of likely N-dealkylation sites (N-methyl/N-ethyl adjacent to an activating group) is 1. The summed E-state index contributed by atoms with van der Waals surface area (Å²) >= 11 is 2.71. The van der Waals surface area contributed by atoms with Gasteiger partial charge in [0.15, 0.2) is 0 Å². The molecule has 6 nitrogen and oxygen atoms in total. The fourth-order valence-corrected chi connectivity index (χ4v) is 5.00. The van der Waals surface area contributed by atoms with Crippen LogP contribution in [-0.4, -0.2) is 32.0 Å². The lowest BCUT2D eigenvalue weighted by molar-refractivity contribution is -0.114. The zero-order valence-corrected chi connectivity index (χ0v) is 17.6. The van der Waals surface area contributed by atoms with E-state index >= 15 is 0 Å². The summed E-state index contributed by atoms with van der Waals surface area (Å²) in [4.78, 5) is 30.7. The zero-order chi connectivity index (χ0) is 20.5. The van der Waals surface area contributed by atoms with E-state index in [0.717, 1.165) is 28.4 Å². The number of nitriles is 1. The van der Waals surface area contributed by atoms with Crippen LogP contribution in [0.2, 0.25) is 0 Å². The Balaban J connectivity index is 1.70. The van der Waals surface area contributed by atoms with Crippen LogP contribution < -0.4 is 15.1 Å². The second-order valence-electron chi connectivity index (χ2n) is 6.70. The quantitative estimate of drug-likeness (QED) is 0.679. The van der Waals surface area contributed by atoms with E-state index in [-0.39, 0.29) is 11.8 Å². The van der Waals surface area contributed by atoms with Crippen molar-refractivity contribution < 1.29 is 9.59 Å². The summed E-state index contributed by atoms with van der Waals surface area (Å²) in [6.07, 6.45) is 0. The van der Waals surface area contributed by atoms with Crippen LogP contribution in [0.25, 0.3) is 10.4 Å². The molecule has 0 atom stereocenters. The summed E-state index contributed by atoms with van der Waals surface area (Å²) in [7, 11) is 2.01. The number of nitrogens with one attached hydrogen (secondary N) is 1. The van der Waals surface area contributed by atoms with Gasteiger partial charge in [-0.15, -0.1) is 22.7 Å². The van der Waals surface area contributed by atoms with Crippen molar-refractivity contribution in [3.63, 3.8) is 0 Å². The van der Waals surface area contributed by atoms with Gasteiger partial charge in [0.2, 0.25) is 5.91 Å². The van der Waals surface area contributed by atoms with Crippen molar-refractivity contribution in [3.05, 3.63) is 52.2 Å². The van der Waals surface area contributed by atoms with E-state index in [1.807, 2.05) is 37.4 Å². The van der Waals surface area contributed by atoms with Gasteiger partial charge >= 0.3 is 0 Å². The molecule has 1 N–H and O–H groups in total. The molecule has 4 rings (SSSR count). The lowest BCUT2D eigenvalue weighted by Crippen LogP contribution is -2.42. The van der Waals surface area contributed by atoms with Crippen molar-refractivity contribution in [1.29, 1.82) is 5.26 Å². The number of rotatable bonds is 3. The Hall–Kier alpha value is -3.15. The molecule has 1 aliphatic rings. The van der Waals surface area contributed by atoms with Gasteiger partial charge in [-0.1, -0.05) is 6.07 Å². The maximum Gasteiger partial charge on any atom is 0.268 e. The first-order chi connectivity index (χ1) is 14.0. The molecule has 0 bridgehead atoms. The Labute approximate surface area is 176 Å². The van der Waals surface area contributed by atoms with Crippen LogP contribution >= 0.6 is 22.7 Å². The summed E-state index contributed by atoms with van der Waals surface area (Å²) in [5.41, 5.74) is 2.82. The van der Waals surface area contributed by atoms with Gasteiger partial charge in [-0.2, -0.15) is 5.26 Å². The van der Waals surface area contributed by atoms with Crippen molar-refractivity contribution in [1.82, 2.24) is 0 Å². The van der Waals surface area contributed by atoms with Crippen LogP contribution in [0.1, 0.15) is 21.5 Å². The number of fused-ring (bicyclic) bond motifs is 1. The first-order valence-corrected chi connectivity index (χ1v) is 10.6. The van der Waals surface area contributed by atoms with E-state index in [1.165, 1.54) is 29.6 Å². The third-order valence-corrected chi connectivity index (χ3v) is 6.73. The van der Waals surface area contributed by atoms with E-state index < -0.39 is 0 Å². The lowest BCUT2D eigenvalue weighted by Gasteiger charge is -2.35. The smallest absolute Gasteiger partial charge is 0.268 e. The molecule has 3 aromatic rings. The minimum atomic E-state index is -0.159. The van der Waals surface area contributed by atoms with Crippen molar-refractivity contribution in [3.8, 4) is 16.5 Å². The number of thiophene rings is 2. The average Bonchev–Trinajstić information content (AvgIpc) is 3.36. The highest BCUT2D eigenvalue weighted by Gasteiger charge is 2.27. The minimum absolute atomic E-state index is 0.0815. The van der Waals surface area contributed by atoms with Gasteiger partial charge in [-0.3, -0.25) is 9.59 Å². The van der Waals surface area contributed by atoms with Crippen LogP contribution in [0, 0.1) is 11.3 Å². The normalized spacial score (nSPS) is 13.0. The Kier molecular flexibility index (Phi) is 5.09. The highest BCUT2D eigenvalue weighted by molar-refractivity contribution is 7.18. The standard InChI is InChI=1S/C21H18N4O2S2/c1-13(26)23-20-8-7-19(29-20)21(27)25-10-9-24(2)16-5-3-14(11-17(16)25)18-6-4-15(12-22)28-18/h3-8,11H,9-10H2,1-2H3,(H,23,26). The van der Waals surface area contributed by atoms with Gasteiger partial charge < -0.3 is 15.1 Å². The maximum absolute atomic E-state index is 13.2. The molecule has 2 aromatic heterocycles. The number of carbonyl (C=O) groups excluding carboxylic acids is 2. The second kappa shape index (κ2) is 7.70. The summed E-state index contributed by atoms with van der Waals surface area (Å²) in [5, 5.41) is 12.5. The molecule has 0 fully saturated rings. The summed E-state index contributed by atoms with van der Waals surface area (Å²) < 4.78 is 0. The number of anilines is 3. The van der Waals surface area contributed by atoms with Crippen molar-refractivity contribution in [2.24, 2.45) is 0 Å². The Morgan fingerprint density at radius 1 is 1.07 bits per heavy atom. The molecule has 0 radical (unpaired) electrons. The molecule has 29 heavy (non-hydrogen) atoms. The number of nitrogens with zero attached hydrogens (tertiary/aromatic N) is 3. The Morgan fingerprint density at radius 3 is 2.62 bits per heavy atom. The summed E-state index contributed by atoms with van der Waals surface area (Å²) in [6.45, 7) is 2.76. The van der Waals surface area contributed by atoms with Crippen LogP contribution in [0.5, 0.6) is 0 Å². The molecule has 3 heterocycles.